The smallest absolute Gasteiger partial charge is 0.191 e. The standard InChI is InChI=1S/C18H37N3O.HI/c1-5-17(6-2,12-13-22)14-20-16(19-8-4)21-15-18(7-3)10-9-11-18;/h22H,5-15H2,1-4H3,(H2,19,20,21);1H. The van der Waals surface area contributed by atoms with Crippen LogP contribution in [0.3, 0.4) is 0 Å². The number of nitrogens with one attached hydrogen (secondary N) is 2. The molecule has 0 saturated heterocycles. The number of rotatable bonds is 10. The van der Waals surface area contributed by atoms with Gasteiger partial charge in [-0.15, -0.1) is 24.0 Å². The Morgan fingerprint density at radius 2 is 1.78 bits per heavy atom. The van der Waals surface area contributed by atoms with Gasteiger partial charge in [0.2, 0.25) is 0 Å². The highest BCUT2D eigenvalue weighted by Gasteiger charge is 2.35. The molecule has 0 atom stereocenters. The van der Waals surface area contributed by atoms with Crippen molar-refractivity contribution in [1.82, 2.24) is 10.6 Å². The fraction of sp³-hybridized carbons (Fsp3) is 0.944. The Labute approximate surface area is 160 Å². The summed E-state index contributed by atoms with van der Waals surface area (Å²) < 4.78 is 0. The van der Waals surface area contributed by atoms with Crippen LogP contribution in [0.5, 0.6) is 0 Å². The molecule has 0 unspecified atom stereocenters. The molecule has 1 rings (SSSR count). The number of aliphatic hydroxyl groups excluding tert-OH is 1. The van der Waals surface area contributed by atoms with Crippen molar-refractivity contribution < 1.29 is 5.11 Å². The SMILES string of the molecule is CCNC(=NCC(CC)(CC)CCO)NCC1(CC)CCC1.I. The average Bonchev–Trinajstić information content (AvgIpc) is 2.50. The van der Waals surface area contributed by atoms with E-state index < -0.39 is 0 Å². The van der Waals surface area contributed by atoms with Crippen LogP contribution >= 0.6 is 24.0 Å². The second-order valence-corrected chi connectivity index (χ2v) is 6.94. The molecule has 138 valence electrons. The van der Waals surface area contributed by atoms with E-state index in [0.29, 0.717) is 5.41 Å². The summed E-state index contributed by atoms with van der Waals surface area (Å²) in [6.45, 7) is 11.8. The van der Waals surface area contributed by atoms with Gasteiger partial charge in [-0.05, 0) is 56.3 Å². The number of hydrogen-bond acceptors (Lipinski definition) is 2. The zero-order valence-electron chi connectivity index (χ0n) is 15.6. The molecule has 0 amide bonds. The summed E-state index contributed by atoms with van der Waals surface area (Å²) in [7, 11) is 0. The molecular formula is C18H38IN3O. The van der Waals surface area contributed by atoms with Gasteiger partial charge < -0.3 is 15.7 Å². The van der Waals surface area contributed by atoms with Crippen LogP contribution in [-0.2, 0) is 0 Å². The summed E-state index contributed by atoms with van der Waals surface area (Å²) in [6.07, 6.45) is 8.26. The average molecular weight is 439 g/mol. The molecule has 1 aliphatic rings. The molecule has 0 aromatic heterocycles. The van der Waals surface area contributed by atoms with Gasteiger partial charge in [0.25, 0.3) is 0 Å². The molecule has 0 heterocycles. The fourth-order valence-electron chi connectivity index (χ4n) is 3.34. The normalized spacial score (nSPS) is 17.2. The number of aliphatic hydroxyl groups is 1. The minimum Gasteiger partial charge on any atom is -0.396 e. The molecule has 3 N–H and O–H groups in total. The molecular weight excluding hydrogens is 401 g/mol. The van der Waals surface area contributed by atoms with E-state index in [1.165, 1.54) is 25.7 Å². The molecule has 0 spiro atoms. The first-order chi connectivity index (χ1) is 10.6. The molecule has 0 bridgehead atoms. The van der Waals surface area contributed by atoms with Gasteiger partial charge in [-0.1, -0.05) is 27.2 Å². The summed E-state index contributed by atoms with van der Waals surface area (Å²) in [4.78, 5) is 4.83. The van der Waals surface area contributed by atoms with E-state index in [9.17, 15) is 5.11 Å². The largest absolute Gasteiger partial charge is 0.396 e. The van der Waals surface area contributed by atoms with E-state index in [4.69, 9.17) is 4.99 Å². The Morgan fingerprint density at radius 3 is 2.17 bits per heavy atom. The van der Waals surface area contributed by atoms with E-state index >= 15 is 0 Å². The number of hydrogen-bond donors (Lipinski definition) is 3. The van der Waals surface area contributed by atoms with Crippen LogP contribution in [0.25, 0.3) is 0 Å². The summed E-state index contributed by atoms with van der Waals surface area (Å²) in [6, 6.07) is 0. The number of nitrogens with zero attached hydrogens (tertiary/aromatic N) is 1. The molecule has 4 nitrogen and oxygen atoms in total. The van der Waals surface area contributed by atoms with Crippen LogP contribution in [0, 0.1) is 10.8 Å². The van der Waals surface area contributed by atoms with Crippen molar-refractivity contribution in [3.05, 3.63) is 0 Å². The van der Waals surface area contributed by atoms with E-state index in [1.807, 2.05) is 0 Å². The van der Waals surface area contributed by atoms with Gasteiger partial charge >= 0.3 is 0 Å². The Bertz CT molecular complexity index is 334. The van der Waals surface area contributed by atoms with E-state index in [-0.39, 0.29) is 36.0 Å². The maximum atomic E-state index is 9.33. The highest BCUT2D eigenvalue weighted by molar-refractivity contribution is 14.0. The first-order valence-electron chi connectivity index (χ1n) is 9.22. The minimum atomic E-state index is 0. The molecule has 0 radical (unpaired) electrons. The lowest BCUT2D eigenvalue weighted by Gasteiger charge is -2.41. The first-order valence-corrected chi connectivity index (χ1v) is 9.22. The fourth-order valence-corrected chi connectivity index (χ4v) is 3.34. The highest BCUT2D eigenvalue weighted by atomic mass is 127. The molecule has 1 aliphatic carbocycles. The Hall–Kier alpha value is -0.0400. The Balaban J connectivity index is 0.00000484. The zero-order valence-corrected chi connectivity index (χ0v) is 17.9. The van der Waals surface area contributed by atoms with Crippen LogP contribution in [0.4, 0.5) is 0 Å². The molecule has 0 aromatic carbocycles. The topological polar surface area (TPSA) is 56.7 Å². The van der Waals surface area contributed by atoms with Gasteiger partial charge in [-0.2, -0.15) is 0 Å². The molecule has 1 fully saturated rings. The van der Waals surface area contributed by atoms with Crippen LogP contribution in [-0.4, -0.2) is 37.3 Å². The van der Waals surface area contributed by atoms with Gasteiger partial charge in [0.05, 0.1) is 0 Å². The molecule has 0 aliphatic heterocycles. The van der Waals surface area contributed by atoms with Crippen molar-refractivity contribution in [3.63, 3.8) is 0 Å². The van der Waals surface area contributed by atoms with Crippen molar-refractivity contribution in [2.24, 2.45) is 15.8 Å². The quantitative estimate of drug-likeness (QED) is 0.275. The highest BCUT2D eigenvalue weighted by Crippen LogP contribution is 2.43. The third-order valence-electron chi connectivity index (χ3n) is 5.85. The van der Waals surface area contributed by atoms with Crippen LogP contribution in [0.2, 0.25) is 0 Å². The van der Waals surface area contributed by atoms with Crippen molar-refractivity contribution in [2.45, 2.75) is 72.6 Å². The van der Waals surface area contributed by atoms with Crippen LogP contribution < -0.4 is 10.6 Å². The van der Waals surface area contributed by atoms with Crippen LogP contribution in [0.15, 0.2) is 4.99 Å². The van der Waals surface area contributed by atoms with E-state index in [1.54, 1.807) is 0 Å². The molecule has 5 heteroatoms. The third kappa shape index (κ3) is 6.77. The van der Waals surface area contributed by atoms with Gasteiger partial charge in [-0.25, -0.2) is 0 Å². The van der Waals surface area contributed by atoms with Gasteiger partial charge in [0, 0.05) is 26.2 Å². The monoisotopic (exact) mass is 439 g/mol. The van der Waals surface area contributed by atoms with Gasteiger partial charge in [0.15, 0.2) is 5.96 Å². The minimum absolute atomic E-state index is 0. The molecule has 0 aromatic rings. The first kappa shape index (κ1) is 23.0. The van der Waals surface area contributed by atoms with Gasteiger partial charge in [0.1, 0.15) is 0 Å². The summed E-state index contributed by atoms with van der Waals surface area (Å²) >= 11 is 0. The lowest BCUT2D eigenvalue weighted by Crippen LogP contribution is -2.46. The van der Waals surface area contributed by atoms with Crippen molar-refractivity contribution >= 4 is 29.9 Å². The summed E-state index contributed by atoms with van der Waals surface area (Å²) in [5, 5.41) is 16.3. The number of aliphatic imine (C=N–C) groups is 1. The van der Waals surface area contributed by atoms with Gasteiger partial charge in [-0.3, -0.25) is 4.99 Å². The maximum absolute atomic E-state index is 9.33. The van der Waals surface area contributed by atoms with Crippen molar-refractivity contribution in [2.75, 3.05) is 26.2 Å². The summed E-state index contributed by atoms with van der Waals surface area (Å²) in [5.41, 5.74) is 0.629. The zero-order chi connectivity index (χ0) is 16.5. The summed E-state index contributed by atoms with van der Waals surface area (Å²) in [5.74, 6) is 0.937. The Kier molecular flexibility index (Phi) is 11.5. The maximum Gasteiger partial charge on any atom is 0.191 e. The Morgan fingerprint density at radius 1 is 1.13 bits per heavy atom. The predicted octanol–water partition coefficient (Wildman–Crippen LogP) is 3.93. The lowest BCUT2D eigenvalue weighted by molar-refractivity contribution is 0.131. The molecule has 23 heavy (non-hydrogen) atoms. The predicted molar refractivity (Wildman–Crippen MR) is 111 cm³/mol. The van der Waals surface area contributed by atoms with Crippen molar-refractivity contribution in [1.29, 1.82) is 0 Å². The lowest BCUT2D eigenvalue weighted by atomic mass is 9.67. The van der Waals surface area contributed by atoms with Crippen molar-refractivity contribution in [3.8, 4) is 0 Å². The number of guanidine groups is 1. The van der Waals surface area contributed by atoms with E-state index in [2.05, 4.69) is 38.3 Å². The number of halogens is 1. The van der Waals surface area contributed by atoms with E-state index in [0.717, 1.165) is 44.9 Å². The third-order valence-corrected chi connectivity index (χ3v) is 5.85. The second-order valence-electron chi connectivity index (χ2n) is 6.94. The molecule has 1 saturated carbocycles. The van der Waals surface area contributed by atoms with Crippen LogP contribution in [0.1, 0.15) is 72.6 Å². The second kappa shape index (κ2) is 11.5.